The summed E-state index contributed by atoms with van der Waals surface area (Å²) in [5.41, 5.74) is 2.18. The van der Waals surface area contributed by atoms with Crippen molar-refractivity contribution in [1.29, 1.82) is 0 Å². The second-order valence-electron chi connectivity index (χ2n) is 11.8. The lowest BCUT2D eigenvalue weighted by Crippen LogP contribution is -2.40. The number of hydrogen-bond donors (Lipinski definition) is 2. The summed E-state index contributed by atoms with van der Waals surface area (Å²) in [5.74, 6) is 0.254. The van der Waals surface area contributed by atoms with E-state index < -0.39 is 29.6 Å². The van der Waals surface area contributed by atoms with Gasteiger partial charge >= 0.3 is 5.97 Å². The zero-order valence-corrected chi connectivity index (χ0v) is 24.2. The highest BCUT2D eigenvalue weighted by atomic mass is 19.1. The third-order valence-corrected chi connectivity index (χ3v) is 8.44. The average Bonchev–Trinajstić information content (AvgIpc) is 3.39. The van der Waals surface area contributed by atoms with Gasteiger partial charge in [-0.3, -0.25) is 9.69 Å². The van der Waals surface area contributed by atoms with Gasteiger partial charge < -0.3 is 24.6 Å². The largest absolute Gasteiger partial charge is 0.496 e. The van der Waals surface area contributed by atoms with Crippen molar-refractivity contribution in [3.05, 3.63) is 52.0 Å². The molecule has 224 valence electrons. The fourth-order valence-corrected chi connectivity index (χ4v) is 6.25. The molecule has 3 aliphatic rings. The number of carboxylic acid groups (broad SMARTS) is 1. The minimum atomic E-state index is -1.60. The minimum Gasteiger partial charge on any atom is -0.496 e. The molecule has 1 saturated heterocycles. The molecule has 3 aliphatic heterocycles. The van der Waals surface area contributed by atoms with E-state index in [1.807, 2.05) is 11.0 Å². The topological polar surface area (TPSA) is 93.2 Å². The van der Waals surface area contributed by atoms with Crippen LogP contribution in [0.3, 0.4) is 0 Å². The Labute approximate surface area is 240 Å². The number of benzene rings is 1. The van der Waals surface area contributed by atoms with Crippen LogP contribution in [0.25, 0.3) is 0 Å². The molecule has 3 unspecified atom stereocenters. The highest BCUT2D eigenvalue weighted by Gasteiger charge is 2.40. The molecule has 1 fully saturated rings. The minimum absolute atomic E-state index is 0.0560. The van der Waals surface area contributed by atoms with Crippen LogP contribution in [0.15, 0.2) is 18.2 Å². The Hall–Kier alpha value is -2.82. The number of aromatic nitrogens is 1. The van der Waals surface area contributed by atoms with Crippen LogP contribution in [0.5, 0.6) is 5.75 Å². The molecular formula is C31H41F2N3O5. The first kappa shape index (κ1) is 29.7. The maximum atomic E-state index is 14.7. The number of anilines is 1. The number of methoxy groups -OCH3 is 1. The van der Waals surface area contributed by atoms with Gasteiger partial charge in [0, 0.05) is 50.0 Å². The van der Waals surface area contributed by atoms with E-state index >= 15 is 0 Å². The van der Waals surface area contributed by atoms with Crippen LogP contribution >= 0.6 is 0 Å². The van der Waals surface area contributed by atoms with Crippen LogP contribution < -0.4 is 10.1 Å². The lowest BCUT2D eigenvalue weighted by molar-refractivity contribution is -0.143. The molecule has 0 radical (unpaired) electrons. The predicted octanol–water partition coefficient (Wildman–Crippen LogP) is 5.02. The zero-order chi connectivity index (χ0) is 29.1. The quantitative estimate of drug-likeness (QED) is 0.362. The van der Waals surface area contributed by atoms with Gasteiger partial charge in [-0.05, 0) is 81.2 Å². The Balaban J connectivity index is 1.17. The normalized spacial score (nSPS) is 21.6. The summed E-state index contributed by atoms with van der Waals surface area (Å²) < 4.78 is 46.7. The van der Waals surface area contributed by atoms with E-state index in [1.54, 1.807) is 7.11 Å². The number of hydrogen-bond acceptors (Lipinski definition) is 7. The van der Waals surface area contributed by atoms with E-state index in [-0.39, 0.29) is 19.1 Å². The molecule has 4 heterocycles. The van der Waals surface area contributed by atoms with Gasteiger partial charge in [0.25, 0.3) is 0 Å². The number of likely N-dealkylation sites (tertiary alicyclic amines) is 1. The van der Waals surface area contributed by atoms with Crippen molar-refractivity contribution in [2.45, 2.75) is 89.3 Å². The number of aliphatic carboxylic acids is 1. The Bertz CT molecular complexity index is 1230. The molecule has 8 nitrogen and oxygen atoms in total. The summed E-state index contributed by atoms with van der Waals surface area (Å²) in [6.07, 6.45) is 4.69. The monoisotopic (exact) mass is 573 g/mol. The number of unbranched alkanes of at least 4 members (excludes halogenated alkanes) is 1. The number of aryl methyl sites for hydroxylation is 1. The molecule has 0 amide bonds. The van der Waals surface area contributed by atoms with Gasteiger partial charge in [-0.15, -0.1) is 0 Å². The molecule has 0 spiro atoms. The lowest BCUT2D eigenvalue weighted by atomic mass is 9.86. The maximum Gasteiger partial charge on any atom is 0.325 e. The van der Waals surface area contributed by atoms with Gasteiger partial charge in [0.15, 0.2) is 0 Å². The van der Waals surface area contributed by atoms with Crippen molar-refractivity contribution in [2.75, 3.05) is 38.7 Å². The standard InChI is InChI=1S/C31H41F2N3O5/c1-31(2,33)27-16-24-19(18-41-27)13-20(32)14-25(24)28(30(37)38)36-11-9-22(17-36)40-12-5-4-7-21-15-26(39-3)23-8-6-10-34-29(23)35-21/h13-15,22,27-28H,4-12,16-18H2,1-3H3,(H,34,35)(H,37,38). The van der Waals surface area contributed by atoms with Crippen molar-refractivity contribution in [3.63, 3.8) is 0 Å². The van der Waals surface area contributed by atoms with Crippen molar-refractivity contribution in [1.82, 2.24) is 9.88 Å². The molecular weight excluding hydrogens is 532 g/mol. The molecule has 1 aromatic heterocycles. The summed E-state index contributed by atoms with van der Waals surface area (Å²) in [4.78, 5) is 19.1. The molecule has 5 rings (SSSR count). The number of pyridine rings is 1. The van der Waals surface area contributed by atoms with E-state index in [4.69, 9.17) is 19.2 Å². The Morgan fingerprint density at radius 1 is 1.29 bits per heavy atom. The van der Waals surface area contributed by atoms with Gasteiger partial charge in [-0.2, -0.15) is 0 Å². The van der Waals surface area contributed by atoms with Crippen LogP contribution in [-0.4, -0.2) is 72.2 Å². The number of alkyl halides is 1. The Kier molecular flexibility index (Phi) is 9.11. The second kappa shape index (κ2) is 12.6. The van der Waals surface area contributed by atoms with E-state index in [9.17, 15) is 18.7 Å². The van der Waals surface area contributed by atoms with E-state index in [2.05, 4.69) is 5.32 Å². The molecule has 2 aromatic rings. The Morgan fingerprint density at radius 3 is 2.88 bits per heavy atom. The predicted molar refractivity (Wildman–Crippen MR) is 151 cm³/mol. The SMILES string of the molecule is COc1cc(CCCCOC2CCN(C(C(=O)O)c3cc(F)cc4c3CC(C(C)(C)F)OC4)C2)nc2c1CCCN2. The number of rotatable bonds is 11. The van der Waals surface area contributed by atoms with Gasteiger partial charge in [-0.1, -0.05) is 0 Å². The number of ether oxygens (including phenoxy) is 3. The van der Waals surface area contributed by atoms with Crippen LogP contribution in [0.2, 0.25) is 0 Å². The molecule has 3 atom stereocenters. The highest BCUT2D eigenvalue weighted by Crippen LogP contribution is 2.37. The van der Waals surface area contributed by atoms with Gasteiger partial charge in [-0.25, -0.2) is 13.8 Å². The fraction of sp³-hybridized carbons (Fsp3) is 0.613. The summed E-state index contributed by atoms with van der Waals surface area (Å²) in [7, 11) is 1.70. The molecule has 2 N–H and O–H groups in total. The van der Waals surface area contributed by atoms with Crippen molar-refractivity contribution < 1.29 is 32.9 Å². The average molecular weight is 574 g/mol. The van der Waals surface area contributed by atoms with E-state index in [0.717, 1.165) is 61.5 Å². The van der Waals surface area contributed by atoms with Crippen molar-refractivity contribution in [2.24, 2.45) is 0 Å². The number of fused-ring (bicyclic) bond motifs is 2. The number of nitrogens with one attached hydrogen (secondary N) is 1. The van der Waals surface area contributed by atoms with Crippen LogP contribution in [0, 0.1) is 5.82 Å². The van der Waals surface area contributed by atoms with Crippen LogP contribution in [-0.2, 0) is 40.1 Å². The molecule has 0 saturated carbocycles. The molecule has 0 aliphatic carbocycles. The van der Waals surface area contributed by atoms with Crippen LogP contribution in [0.1, 0.15) is 73.5 Å². The highest BCUT2D eigenvalue weighted by molar-refractivity contribution is 5.76. The van der Waals surface area contributed by atoms with E-state index in [0.29, 0.717) is 42.8 Å². The molecule has 10 heteroatoms. The number of nitrogens with zero attached hydrogens (tertiary/aromatic N) is 2. The molecule has 1 aromatic carbocycles. The first-order valence-corrected chi connectivity index (χ1v) is 14.6. The maximum absolute atomic E-state index is 14.7. The fourth-order valence-electron chi connectivity index (χ4n) is 6.25. The lowest BCUT2D eigenvalue weighted by Gasteiger charge is -2.35. The van der Waals surface area contributed by atoms with Crippen LogP contribution in [0.4, 0.5) is 14.6 Å². The van der Waals surface area contributed by atoms with Gasteiger partial charge in [0.1, 0.15) is 29.1 Å². The van der Waals surface area contributed by atoms with Crippen molar-refractivity contribution >= 4 is 11.8 Å². The molecule has 0 bridgehead atoms. The Morgan fingerprint density at radius 2 is 2.12 bits per heavy atom. The second-order valence-corrected chi connectivity index (χ2v) is 11.8. The first-order valence-electron chi connectivity index (χ1n) is 14.6. The molecule has 41 heavy (non-hydrogen) atoms. The smallest absolute Gasteiger partial charge is 0.325 e. The third-order valence-electron chi connectivity index (χ3n) is 8.44. The summed E-state index contributed by atoms with van der Waals surface area (Å²) in [5, 5.41) is 13.6. The summed E-state index contributed by atoms with van der Waals surface area (Å²) in [6.45, 7) is 5.39. The summed E-state index contributed by atoms with van der Waals surface area (Å²) in [6, 6.07) is 3.65. The number of halogens is 2. The van der Waals surface area contributed by atoms with Crippen molar-refractivity contribution in [3.8, 4) is 5.75 Å². The van der Waals surface area contributed by atoms with Gasteiger partial charge in [0.05, 0.1) is 25.9 Å². The number of carboxylic acids is 1. The summed E-state index contributed by atoms with van der Waals surface area (Å²) >= 11 is 0. The van der Waals surface area contributed by atoms with E-state index in [1.165, 1.54) is 26.0 Å². The zero-order valence-electron chi connectivity index (χ0n) is 24.2. The van der Waals surface area contributed by atoms with Gasteiger partial charge in [0.2, 0.25) is 0 Å². The number of carbonyl (C=O) groups is 1. The third kappa shape index (κ3) is 6.81. The first-order chi connectivity index (χ1) is 19.6.